The first-order valence-electron chi connectivity index (χ1n) is 5.97. The fourth-order valence-corrected chi connectivity index (χ4v) is 3.35. The third kappa shape index (κ3) is 2.14. The lowest BCUT2D eigenvalue weighted by Crippen LogP contribution is -2.16. The van der Waals surface area contributed by atoms with Gasteiger partial charge in [0.25, 0.3) is 0 Å². The Labute approximate surface area is 115 Å². The van der Waals surface area contributed by atoms with E-state index in [0.717, 1.165) is 39.8 Å². The number of carbonyl (C=O) groups is 1. The monoisotopic (exact) mass is 312 g/mol. The molecule has 98 valence electrons. The zero-order chi connectivity index (χ0) is 13.5. The number of ether oxygens (including phenoxy) is 1. The number of hydrogen-bond donors (Lipinski definition) is 1. The van der Waals surface area contributed by atoms with E-state index in [-0.39, 0.29) is 11.8 Å². The molecule has 0 aliphatic heterocycles. The predicted molar refractivity (Wildman–Crippen MR) is 73.3 cm³/mol. The molecular formula is C14H17BrO3. The molecule has 0 unspecified atom stereocenters. The number of carboxylic acids is 1. The van der Waals surface area contributed by atoms with Gasteiger partial charge in [-0.05, 0) is 37.8 Å². The molecule has 0 atom stereocenters. The molecule has 1 saturated carbocycles. The Morgan fingerprint density at radius 3 is 2.50 bits per heavy atom. The molecule has 1 aliphatic carbocycles. The summed E-state index contributed by atoms with van der Waals surface area (Å²) in [5.74, 6) is 0.0758. The maximum Gasteiger partial charge on any atom is 0.304 e. The van der Waals surface area contributed by atoms with Gasteiger partial charge in [0.2, 0.25) is 0 Å². The van der Waals surface area contributed by atoms with Crippen molar-refractivity contribution in [1.29, 1.82) is 0 Å². The highest BCUT2D eigenvalue weighted by molar-refractivity contribution is 9.10. The van der Waals surface area contributed by atoms with Crippen LogP contribution in [0.3, 0.4) is 0 Å². The molecule has 0 aromatic heterocycles. The lowest BCUT2D eigenvalue weighted by atomic mass is 9.89. The number of hydrogen-bond acceptors (Lipinski definition) is 2. The van der Waals surface area contributed by atoms with Crippen LogP contribution in [0.2, 0.25) is 0 Å². The molecule has 0 saturated heterocycles. The Kier molecular flexibility index (Phi) is 3.41. The molecule has 1 aliphatic rings. The van der Waals surface area contributed by atoms with Gasteiger partial charge in [0.15, 0.2) is 0 Å². The Balaban J connectivity index is 2.59. The molecule has 1 N–H and O–H groups in total. The average Bonchev–Trinajstić information content (AvgIpc) is 3.02. The van der Waals surface area contributed by atoms with Gasteiger partial charge in [-0.3, -0.25) is 4.79 Å². The van der Waals surface area contributed by atoms with Crippen molar-refractivity contribution >= 4 is 21.9 Å². The van der Waals surface area contributed by atoms with Crippen LogP contribution in [0.4, 0.5) is 0 Å². The Bertz CT molecular complexity index is 504. The Hall–Kier alpha value is -1.03. The number of methoxy groups -OCH3 is 1. The second-order valence-corrected chi connectivity index (χ2v) is 5.88. The van der Waals surface area contributed by atoms with Crippen LogP contribution in [0, 0.1) is 13.8 Å². The van der Waals surface area contributed by atoms with Crippen molar-refractivity contribution < 1.29 is 14.6 Å². The van der Waals surface area contributed by atoms with Crippen LogP contribution < -0.4 is 4.74 Å². The van der Waals surface area contributed by atoms with Crippen LogP contribution in [-0.4, -0.2) is 18.2 Å². The topological polar surface area (TPSA) is 46.5 Å². The minimum absolute atomic E-state index is 0.171. The highest BCUT2D eigenvalue weighted by atomic mass is 79.9. The zero-order valence-corrected chi connectivity index (χ0v) is 12.4. The number of rotatable bonds is 4. The molecule has 1 aromatic rings. The van der Waals surface area contributed by atoms with E-state index in [9.17, 15) is 4.79 Å². The number of halogens is 1. The minimum atomic E-state index is -0.749. The lowest BCUT2D eigenvalue weighted by Gasteiger charge is -2.22. The van der Waals surface area contributed by atoms with Gasteiger partial charge < -0.3 is 9.84 Å². The van der Waals surface area contributed by atoms with Crippen LogP contribution in [0.15, 0.2) is 10.5 Å². The van der Waals surface area contributed by atoms with Crippen molar-refractivity contribution in [2.45, 2.75) is 38.5 Å². The maximum absolute atomic E-state index is 11.1. The minimum Gasteiger partial charge on any atom is -0.496 e. The highest BCUT2D eigenvalue weighted by Gasteiger charge is 2.49. The predicted octanol–water partition coefficient (Wildman–Crippen LogP) is 3.58. The van der Waals surface area contributed by atoms with Crippen molar-refractivity contribution in [2.75, 3.05) is 7.11 Å². The number of aliphatic carboxylic acids is 1. The van der Waals surface area contributed by atoms with Gasteiger partial charge in [-0.2, -0.15) is 0 Å². The first kappa shape index (κ1) is 13.4. The van der Waals surface area contributed by atoms with Gasteiger partial charge in [0.1, 0.15) is 5.75 Å². The van der Waals surface area contributed by atoms with Crippen molar-refractivity contribution in [2.24, 2.45) is 0 Å². The van der Waals surface area contributed by atoms with Gasteiger partial charge >= 0.3 is 5.97 Å². The summed E-state index contributed by atoms with van der Waals surface area (Å²) in [5, 5.41) is 9.09. The number of benzene rings is 1. The van der Waals surface area contributed by atoms with Crippen LogP contribution in [0.25, 0.3) is 0 Å². The van der Waals surface area contributed by atoms with Gasteiger partial charge in [-0.25, -0.2) is 0 Å². The van der Waals surface area contributed by atoms with Crippen LogP contribution >= 0.6 is 15.9 Å². The maximum atomic E-state index is 11.1. The summed E-state index contributed by atoms with van der Waals surface area (Å²) in [7, 11) is 1.64. The fraction of sp³-hybridized carbons (Fsp3) is 0.500. The largest absolute Gasteiger partial charge is 0.496 e. The summed E-state index contributed by atoms with van der Waals surface area (Å²) in [6, 6.07) is 2.06. The van der Waals surface area contributed by atoms with Crippen LogP contribution in [-0.2, 0) is 10.2 Å². The summed E-state index contributed by atoms with van der Waals surface area (Å²) in [4.78, 5) is 11.1. The molecule has 1 fully saturated rings. The molecule has 3 nitrogen and oxygen atoms in total. The van der Waals surface area contributed by atoms with Crippen molar-refractivity contribution in [3.8, 4) is 5.75 Å². The molecule has 1 aromatic carbocycles. The van der Waals surface area contributed by atoms with Gasteiger partial charge in [-0.15, -0.1) is 0 Å². The van der Waals surface area contributed by atoms with Gasteiger partial charge in [0, 0.05) is 15.5 Å². The molecule has 0 spiro atoms. The Morgan fingerprint density at radius 2 is 2.06 bits per heavy atom. The van der Waals surface area contributed by atoms with Crippen LogP contribution in [0.1, 0.15) is 36.0 Å². The van der Waals surface area contributed by atoms with E-state index in [1.807, 2.05) is 13.8 Å². The van der Waals surface area contributed by atoms with E-state index in [1.54, 1.807) is 7.11 Å². The summed E-state index contributed by atoms with van der Waals surface area (Å²) in [6.07, 6.45) is 2.00. The smallest absolute Gasteiger partial charge is 0.304 e. The van der Waals surface area contributed by atoms with E-state index in [1.165, 1.54) is 0 Å². The van der Waals surface area contributed by atoms with E-state index in [4.69, 9.17) is 9.84 Å². The second kappa shape index (κ2) is 4.57. The average molecular weight is 313 g/mol. The van der Waals surface area contributed by atoms with Gasteiger partial charge in [0.05, 0.1) is 13.5 Å². The number of aryl methyl sites for hydroxylation is 2. The number of carboxylic acid groups (broad SMARTS) is 1. The summed E-state index contributed by atoms with van der Waals surface area (Å²) in [5.41, 5.74) is 2.97. The SMILES string of the molecule is COc1c(C)cc(C)c(Br)c1C1(CC(=O)O)CC1. The quantitative estimate of drug-likeness (QED) is 0.924. The first-order chi connectivity index (χ1) is 8.41. The molecule has 4 heteroatoms. The van der Waals surface area contributed by atoms with Crippen molar-refractivity contribution in [3.05, 3.63) is 27.2 Å². The first-order valence-corrected chi connectivity index (χ1v) is 6.76. The normalized spacial score (nSPS) is 16.4. The molecule has 0 bridgehead atoms. The Morgan fingerprint density at radius 1 is 1.44 bits per heavy atom. The van der Waals surface area contributed by atoms with Crippen molar-refractivity contribution in [3.63, 3.8) is 0 Å². The molecule has 0 heterocycles. The molecule has 0 radical (unpaired) electrons. The summed E-state index contributed by atoms with van der Waals surface area (Å²) in [6.45, 7) is 4.02. The summed E-state index contributed by atoms with van der Waals surface area (Å²) < 4.78 is 6.49. The summed E-state index contributed by atoms with van der Waals surface area (Å²) >= 11 is 3.60. The standard InChI is InChI=1S/C14H17BrO3/c1-8-6-9(2)13(18-3)11(12(8)15)14(4-5-14)7-10(16)17/h6H,4-5,7H2,1-3H3,(H,16,17). The third-order valence-corrected chi connectivity index (χ3v) is 4.68. The molecule has 0 amide bonds. The van der Waals surface area contributed by atoms with Crippen LogP contribution in [0.5, 0.6) is 5.75 Å². The lowest BCUT2D eigenvalue weighted by molar-refractivity contribution is -0.137. The van der Waals surface area contributed by atoms with Gasteiger partial charge in [-0.1, -0.05) is 22.0 Å². The van der Waals surface area contributed by atoms with Crippen molar-refractivity contribution in [1.82, 2.24) is 0 Å². The van der Waals surface area contributed by atoms with E-state index in [2.05, 4.69) is 22.0 Å². The fourth-order valence-electron chi connectivity index (χ4n) is 2.64. The molecule has 18 heavy (non-hydrogen) atoms. The third-order valence-electron chi connectivity index (χ3n) is 3.66. The van der Waals surface area contributed by atoms with E-state index >= 15 is 0 Å². The zero-order valence-electron chi connectivity index (χ0n) is 10.8. The second-order valence-electron chi connectivity index (χ2n) is 5.08. The van der Waals surface area contributed by atoms with E-state index < -0.39 is 5.97 Å². The molecule has 2 rings (SSSR count). The van der Waals surface area contributed by atoms with E-state index in [0.29, 0.717) is 0 Å². The highest BCUT2D eigenvalue weighted by Crippen LogP contribution is 2.57. The molecular weight excluding hydrogens is 296 g/mol.